The fourth-order valence-electron chi connectivity index (χ4n) is 1.01. The monoisotopic (exact) mass is 218 g/mol. The number of nitrogens with zero attached hydrogens (tertiary/aromatic N) is 1. The van der Waals surface area contributed by atoms with Crippen LogP contribution in [0.2, 0.25) is 10.3 Å². The Kier molecular flexibility index (Phi) is 3.12. The van der Waals surface area contributed by atoms with Gasteiger partial charge in [0, 0.05) is 5.56 Å². The number of rotatable bonds is 2. The van der Waals surface area contributed by atoms with E-state index in [9.17, 15) is 4.79 Å². The SMILES string of the molecule is Cc1cc(Cl)nc(Cl)c1CC(N)=O. The van der Waals surface area contributed by atoms with E-state index in [1.807, 2.05) is 0 Å². The lowest BCUT2D eigenvalue weighted by atomic mass is 10.1. The van der Waals surface area contributed by atoms with E-state index in [0.29, 0.717) is 10.7 Å². The molecule has 5 heteroatoms. The molecule has 1 rings (SSSR count). The van der Waals surface area contributed by atoms with Crippen molar-refractivity contribution in [3.8, 4) is 0 Å². The van der Waals surface area contributed by atoms with Gasteiger partial charge in [-0.1, -0.05) is 23.2 Å². The quantitative estimate of drug-likeness (QED) is 0.770. The molecule has 0 radical (unpaired) electrons. The minimum absolute atomic E-state index is 0.0921. The first kappa shape index (κ1) is 10.3. The van der Waals surface area contributed by atoms with Crippen LogP contribution in [0, 0.1) is 6.92 Å². The van der Waals surface area contributed by atoms with Crippen molar-refractivity contribution in [2.75, 3.05) is 0 Å². The lowest BCUT2D eigenvalue weighted by Gasteiger charge is -2.05. The van der Waals surface area contributed by atoms with Crippen molar-refractivity contribution < 1.29 is 4.79 Å². The molecule has 1 amide bonds. The lowest BCUT2D eigenvalue weighted by Crippen LogP contribution is -2.15. The lowest BCUT2D eigenvalue weighted by molar-refractivity contribution is -0.117. The molecule has 0 aromatic carbocycles. The molecule has 0 unspecified atom stereocenters. The average molecular weight is 219 g/mol. The van der Waals surface area contributed by atoms with Gasteiger partial charge in [0.1, 0.15) is 10.3 Å². The predicted octanol–water partition coefficient (Wildman–Crippen LogP) is 1.72. The number of primary amides is 1. The summed E-state index contributed by atoms with van der Waals surface area (Å²) < 4.78 is 0. The van der Waals surface area contributed by atoms with Gasteiger partial charge in [-0.3, -0.25) is 4.79 Å². The van der Waals surface area contributed by atoms with Crippen LogP contribution in [-0.2, 0) is 11.2 Å². The fourth-order valence-corrected chi connectivity index (χ4v) is 1.61. The van der Waals surface area contributed by atoms with Crippen molar-refractivity contribution in [1.82, 2.24) is 4.98 Å². The number of amides is 1. The Bertz CT molecular complexity index is 329. The zero-order valence-corrected chi connectivity index (χ0v) is 8.49. The molecule has 1 aromatic heterocycles. The van der Waals surface area contributed by atoms with Gasteiger partial charge in [0.2, 0.25) is 5.91 Å². The first-order valence-electron chi connectivity index (χ1n) is 3.60. The van der Waals surface area contributed by atoms with E-state index in [2.05, 4.69) is 4.98 Å². The van der Waals surface area contributed by atoms with Crippen molar-refractivity contribution in [2.45, 2.75) is 13.3 Å². The first-order valence-corrected chi connectivity index (χ1v) is 4.36. The van der Waals surface area contributed by atoms with Gasteiger partial charge < -0.3 is 5.73 Å². The molecular weight excluding hydrogens is 211 g/mol. The number of aryl methyl sites for hydroxylation is 1. The molecule has 0 aliphatic rings. The number of halogens is 2. The molecule has 0 saturated heterocycles. The second-order valence-corrected chi connectivity index (χ2v) is 3.42. The van der Waals surface area contributed by atoms with Gasteiger partial charge in [0.15, 0.2) is 0 Å². The van der Waals surface area contributed by atoms with Crippen LogP contribution in [-0.4, -0.2) is 10.9 Å². The average Bonchev–Trinajstić information content (AvgIpc) is 1.96. The normalized spacial score (nSPS) is 10.1. The second-order valence-electron chi connectivity index (χ2n) is 2.67. The van der Waals surface area contributed by atoms with Crippen LogP contribution >= 0.6 is 23.2 Å². The van der Waals surface area contributed by atoms with Gasteiger partial charge >= 0.3 is 0 Å². The molecule has 1 heterocycles. The van der Waals surface area contributed by atoms with Gasteiger partial charge in [-0.05, 0) is 18.6 Å². The highest BCUT2D eigenvalue weighted by Gasteiger charge is 2.09. The Hall–Kier alpha value is -0.800. The maximum Gasteiger partial charge on any atom is 0.221 e. The molecule has 0 atom stereocenters. The molecule has 0 fully saturated rings. The zero-order chi connectivity index (χ0) is 10.0. The van der Waals surface area contributed by atoms with Crippen molar-refractivity contribution in [3.05, 3.63) is 27.5 Å². The van der Waals surface area contributed by atoms with Crippen LogP contribution in [0.25, 0.3) is 0 Å². The highest BCUT2D eigenvalue weighted by atomic mass is 35.5. The number of carbonyl (C=O) groups excluding carboxylic acids is 1. The minimum Gasteiger partial charge on any atom is -0.369 e. The van der Waals surface area contributed by atoms with Crippen LogP contribution in [0.4, 0.5) is 0 Å². The standard InChI is InChI=1S/C8H8Cl2N2O/c1-4-2-6(9)12-8(10)5(4)3-7(11)13/h2H,3H2,1H3,(H2,11,13). The van der Waals surface area contributed by atoms with Gasteiger partial charge in [-0.25, -0.2) is 4.98 Å². The van der Waals surface area contributed by atoms with Gasteiger partial charge in [0.05, 0.1) is 6.42 Å². The molecule has 3 nitrogen and oxygen atoms in total. The second kappa shape index (κ2) is 3.94. The molecule has 0 saturated carbocycles. The first-order chi connectivity index (χ1) is 6.00. The summed E-state index contributed by atoms with van der Waals surface area (Å²) in [5.74, 6) is -0.436. The third-order valence-corrected chi connectivity index (χ3v) is 2.12. The molecular formula is C8H8Cl2N2O. The van der Waals surface area contributed by atoms with E-state index >= 15 is 0 Å². The highest BCUT2D eigenvalue weighted by molar-refractivity contribution is 6.33. The van der Waals surface area contributed by atoms with Crippen molar-refractivity contribution in [2.24, 2.45) is 5.73 Å². The summed E-state index contributed by atoms with van der Waals surface area (Å²) in [7, 11) is 0. The van der Waals surface area contributed by atoms with E-state index in [-0.39, 0.29) is 11.6 Å². The Morgan fingerprint density at radius 1 is 1.62 bits per heavy atom. The van der Waals surface area contributed by atoms with Crippen molar-refractivity contribution in [1.29, 1.82) is 0 Å². The number of hydrogen-bond donors (Lipinski definition) is 1. The third-order valence-electron chi connectivity index (χ3n) is 1.62. The molecule has 0 bridgehead atoms. The Morgan fingerprint density at radius 3 is 2.69 bits per heavy atom. The minimum atomic E-state index is -0.436. The summed E-state index contributed by atoms with van der Waals surface area (Å²) in [4.78, 5) is 14.5. The van der Waals surface area contributed by atoms with Gasteiger partial charge in [0.25, 0.3) is 0 Å². The maximum atomic E-state index is 10.7. The van der Waals surface area contributed by atoms with Crippen LogP contribution < -0.4 is 5.73 Å². The zero-order valence-electron chi connectivity index (χ0n) is 6.97. The summed E-state index contributed by atoms with van der Waals surface area (Å²) in [5.41, 5.74) is 6.50. The summed E-state index contributed by atoms with van der Waals surface area (Å²) in [6.07, 6.45) is 0.0921. The van der Waals surface area contributed by atoms with E-state index in [4.69, 9.17) is 28.9 Å². The highest BCUT2D eigenvalue weighted by Crippen LogP contribution is 2.21. The Labute approximate surface area is 85.9 Å². The topological polar surface area (TPSA) is 56.0 Å². The Morgan fingerprint density at radius 2 is 2.23 bits per heavy atom. The molecule has 13 heavy (non-hydrogen) atoms. The van der Waals surface area contributed by atoms with E-state index in [1.165, 1.54) is 0 Å². The number of carbonyl (C=O) groups is 1. The number of aromatic nitrogens is 1. The molecule has 0 aliphatic carbocycles. The van der Waals surface area contributed by atoms with Crippen LogP contribution in [0.15, 0.2) is 6.07 Å². The van der Waals surface area contributed by atoms with Crippen LogP contribution in [0.5, 0.6) is 0 Å². The van der Waals surface area contributed by atoms with Crippen LogP contribution in [0.1, 0.15) is 11.1 Å². The van der Waals surface area contributed by atoms with E-state index in [0.717, 1.165) is 5.56 Å². The third kappa shape index (κ3) is 2.57. The molecule has 70 valence electrons. The maximum absolute atomic E-state index is 10.7. The predicted molar refractivity (Wildman–Crippen MR) is 51.9 cm³/mol. The number of pyridine rings is 1. The molecule has 0 spiro atoms. The molecule has 1 aromatic rings. The Balaban J connectivity index is 3.13. The van der Waals surface area contributed by atoms with Crippen molar-refractivity contribution in [3.63, 3.8) is 0 Å². The van der Waals surface area contributed by atoms with Crippen LogP contribution in [0.3, 0.4) is 0 Å². The summed E-state index contributed by atoms with van der Waals surface area (Å²) in [6, 6.07) is 1.64. The van der Waals surface area contributed by atoms with E-state index < -0.39 is 5.91 Å². The van der Waals surface area contributed by atoms with Gasteiger partial charge in [-0.2, -0.15) is 0 Å². The van der Waals surface area contributed by atoms with E-state index in [1.54, 1.807) is 13.0 Å². The number of nitrogens with two attached hydrogens (primary N) is 1. The summed E-state index contributed by atoms with van der Waals surface area (Å²) in [5, 5.41) is 0.555. The smallest absolute Gasteiger partial charge is 0.221 e. The summed E-state index contributed by atoms with van der Waals surface area (Å²) >= 11 is 11.4. The van der Waals surface area contributed by atoms with Crippen molar-refractivity contribution >= 4 is 29.1 Å². The molecule has 2 N–H and O–H groups in total. The summed E-state index contributed by atoms with van der Waals surface area (Å²) in [6.45, 7) is 1.80. The largest absolute Gasteiger partial charge is 0.369 e. The number of hydrogen-bond acceptors (Lipinski definition) is 2. The molecule has 0 aliphatic heterocycles. The fraction of sp³-hybridized carbons (Fsp3) is 0.250. The van der Waals surface area contributed by atoms with Gasteiger partial charge in [-0.15, -0.1) is 0 Å².